The average molecular weight is 332 g/mol. The molecule has 1 saturated heterocycles. The lowest BCUT2D eigenvalue weighted by molar-refractivity contribution is -0.136. The van der Waals surface area contributed by atoms with Crippen LogP contribution in [-0.2, 0) is 15.9 Å². The van der Waals surface area contributed by atoms with E-state index in [1.165, 1.54) is 6.07 Å². The second-order valence-corrected chi connectivity index (χ2v) is 6.05. The van der Waals surface area contributed by atoms with Crippen molar-refractivity contribution in [2.75, 3.05) is 0 Å². The van der Waals surface area contributed by atoms with Gasteiger partial charge in [0.2, 0.25) is 0 Å². The zero-order valence-electron chi connectivity index (χ0n) is 13.9. The topological polar surface area (TPSA) is 76.0 Å². The summed E-state index contributed by atoms with van der Waals surface area (Å²) in [5.41, 5.74) is 0.729. The van der Waals surface area contributed by atoms with E-state index in [9.17, 15) is 15.0 Å². The summed E-state index contributed by atoms with van der Waals surface area (Å²) >= 11 is 0. The number of carbonyl (C=O) groups is 1. The third-order valence-electron chi connectivity index (χ3n) is 4.23. The number of benzene rings is 1. The maximum absolute atomic E-state index is 12.5. The van der Waals surface area contributed by atoms with Gasteiger partial charge in [-0.1, -0.05) is 31.2 Å². The largest absolute Gasteiger partial charge is 0.507 e. The maximum atomic E-state index is 12.5. The molecule has 1 aromatic carbocycles. The summed E-state index contributed by atoms with van der Waals surface area (Å²) in [7, 11) is 0. The molecule has 1 aliphatic rings. The van der Waals surface area contributed by atoms with Crippen LogP contribution in [0.15, 0.2) is 43.5 Å². The van der Waals surface area contributed by atoms with E-state index in [4.69, 9.17) is 9.47 Å². The van der Waals surface area contributed by atoms with E-state index in [2.05, 4.69) is 13.2 Å². The molecule has 0 aromatic heterocycles. The molecule has 24 heavy (non-hydrogen) atoms. The predicted octanol–water partition coefficient (Wildman–Crippen LogP) is 2.97. The number of aliphatic hydroxyl groups is 1. The first-order valence-corrected chi connectivity index (χ1v) is 8.05. The van der Waals surface area contributed by atoms with Gasteiger partial charge in [0.05, 0.1) is 6.10 Å². The lowest BCUT2D eigenvalue weighted by atomic mass is 9.98. The molecular formula is C19H24O5. The standard InChI is InChI=1S/C19H24O5/c1-4-7-12(3)15-11-16(18(21)23-15)24-19(22)17-13(8-5-2)9-6-10-14(17)20/h4-6,9-10,12,15-16,18,20-21H,1-2,7-8,11H2,3H3/t12-,15+,16+,18?/m0/s1. The van der Waals surface area contributed by atoms with Gasteiger partial charge in [0.15, 0.2) is 12.4 Å². The van der Waals surface area contributed by atoms with Crippen molar-refractivity contribution >= 4 is 5.97 Å². The number of phenols is 1. The van der Waals surface area contributed by atoms with Crippen LogP contribution in [0.25, 0.3) is 0 Å². The molecule has 0 bridgehead atoms. The van der Waals surface area contributed by atoms with Crippen LogP contribution in [0.5, 0.6) is 5.75 Å². The van der Waals surface area contributed by atoms with Gasteiger partial charge in [-0.15, -0.1) is 13.2 Å². The van der Waals surface area contributed by atoms with Crippen LogP contribution in [0.1, 0.15) is 35.7 Å². The van der Waals surface area contributed by atoms with Crippen LogP contribution in [0, 0.1) is 5.92 Å². The highest BCUT2D eigenvalue weighted by molar-refractivity contribution is 5.94. The van der Waals surface area contributed by atoms with Gasteiger partial charge in [0.25, 0.3) is 0 Å². The second-order valence-electron chi connectivity index (χ2n) is 6.05. The summed E-state index contributed by atoms with van der Waals surface area (Å²) < 4.78 is 10.9. The predicted molar refractivity (Wildman–Crippen MR) is 90.7 cm³/mol. The van der Waals surface area contributed by atoms with Crippen molar-refractivity contribution in [3.8, 4) is 5.75 Å². The maximum Gasteiger partial charge on any atom is 0.342 e. The van der Waals surface area contributed by atoms with Crippen molar-refractivity contribution in [1.82, 2.24) is 0 Å². The number of ether oxygens (including phenoxy) is 2. The quantitative estimate of drug-likeness (QED) is 0.593. The van der Waals surface area contributed by atoms with E-state index in [1.54, 1.807) is 24.3 Å². The number of hydrogen-bond acceptors (Lipinski definition) is 5. The zero-order valence-corrected chi connectivity index (χ0v) is 13.9. The van der Waals surface area contributed by atoms with E-state index >= 15 is 0 Å². The summed E-state index contributed by atoms with van der Waals surface area (Å²) in [5.74, 6) is -0.652. The minimum absolute atomic E-state index is 0.104. The Morgan fingerprint density at radius 2 is 2.21 bits per heavy atom. The molecule has 1 aromatic rings. The van der Waals surface area contributed by atoms with E-state index in [1.807, 2.05) is 6.92 Å². The first kappa shape index (κ1) is 18.2. The molecule has 4 atom stereocenters. The Bertz CT molecular complexity index is 610. The van der Waals surface area contributed by atoms with E-state index < -0.39 is 18.4 Å². The van der Waals surface area contributed by atoms with Gasteiger partial charge in [-0.25, -0.2) is 4.79 Å². The fourth-order valence-corrected chi connectivity index (χ4v) is 2.90. The Kier molecular flexibility index (Phi) is 6.17. The van der Waals surface area contributed by atoms with Gasteiger partial charge >= 0.3 is 5.97 Å². The number of aliphatic hydroxyl groups excluding tert-OH is 1. The SMILES string of the molecule is C=CCc1cccc(O)c1C(=O)O[C@@H]1C[C@H]([C@@H](C)CC=C)OC1O. The molecule has 5 nitrogen and oxygen atoms in total. The minimum Gasteiger partial charge on any atom is -0.507 e. The zero-order chi connectivity index (χ0) is 17.7. The Labute approximate surface area is 142 Å². The van der Waals surface area contributed by atoms with E-state index in [-0.39, 0.29) is 23.3 Å². The summed E-state index contributed by atoms with van der Waals surface area (Å²) in [4.78, 5) is 12.5. The van der Waals surface area contributed by atoms with Crippen LogP contribution >= 0.6 is 0 Å². The molecule has 2 N–H and O–H groups in total. The first-order chi connectivity index (χ1) is 11.5. The molecule has 0 spiro atoms. The van der Waals surface area contributed by atoms with Gasteiger partial charge in [-0.3, -0.25) is 0 Å². The van der Waals surface area contributed by atoms with Crippen LogP contribution in [-0.4, -0.2) is 34.7 Å². The fourth-order valence-electron chi connectivity index (χ4n) is 2.90. The van der Waals surface area contributed by atoms with Crippen molar-refractivity contribution in [3.63, 3.8) is 0 Å². The molecule has 1 heterocycles. The smallest absolute Gasteiger partial charge is 0.342 e. The molecule has 2 rings (SSSR count). The highest BCUT2D eigenvalue weighted by atomic mass is 16.7. The molecule has 0 amide bonds. The summed E-state index contributed by atoms with van der Waals surface area (Å²) in [5, 5.41) is 20.0. The Morgan fingerprint density at radius 1 is 1.46 bits per heavy atom. The Morgan fingerprint density at radius 3 is 2.88 bits per heavy atom. The molecule has 5 heteroatoms. The number of phenolic OH excluding ortho intramolecular Hbond substituents is 1. The minimum atomic E-state index is -1.17. The van der Waals surface area contributed by atoms with Gasteiger partial charge in [-0.05, 0) is 30.4 Å². The summed E-state index contributed by atoms with van der Waals surface area (Å²) in [6, 6.07) is 4.82. The van der Waals surface area contributed by atoms with Crippen molar-refractivity contribution in [2.24, 2.45) is 5.92 Å². The van der Waals surface area contributed by atoms with Crippen LogP contribution < -0.4 is 0 Å². The molecule has 0 aliphatic carbocycles. The molecule has 0 saturated carbocycles. The van der Waals surface area contributed by atoms with Crippen molar-refractivity contribution in [1.29, 1.82) is 0 Å². The normalized spacial score (nSPS) is 24.3. The van der Waals surface area contributed by atoms with E-state index in [0.29, 0.717) is 18.4 Å². The summed E-state index contributed by atoms with van der Waals surface area (Å²) in [6.45, 7) is 9.34. The van der Waals surface area contributed by atoms with Crippen LogP contribution in [0.2, 0.25) is 0 Å². The average Bonchev–Trinajstić information content (AvgIpc) is 2.89. The van der Waals surface area contributed by atoms with Crippen LogP contribution in [0.4, 0.5) is 0 Å². The number of allylic oxidation sites excluding steroid dienone is 2. The van der Waals surface area contributed by atoms with E-state index in [0.717, 1.165) is 6.42 Å². The van der Waals surface area contributed by atoms with Crippen molar-refractivity contribution < 1.29 is 24.5 Å². The van der Waals surface area contributed by atoms with Gasteiger partial charge in [0.1, 0.15) is 11.3 Å². The first-order valence-electron chi connectivity index (χ1n) is 8.05. The van der Waals surface area contributed by atoms with Crippen LogP contribution in [0.3, 0.4) is 0 Å². The Balaban J connectivity index is 2.10. The highest BCUT2D eigenvalue weighted by Gasteiger charge is 2.39. The monoisotopic (exact) mass is 332 g/mol. The number of carbonyl (C=O) groups excluding carboxylic acids is 1. The lowest BCUT2D eigenvalue weighted by Gasteiger charge is -2.16. The molecule has 1 unspecified atom stereocenters. The summed E-state index contributed by atoms with van der Waals surface area (Å²) in [6.07, 6.45) is 2.91. The number of rotatable bonds is 7. The molecule has 1 fully saturated rings. The number of aromatic hydroxyl groups is 1. The third-order valence-corrected chi connectivity index (χ3v) is 4.23. The molecular weight excluding hydrogens is 308 g/mol. The van der Waals surface area contributed by atoms with Gasteiger partial charge in [-0.2, -0.15) is 0 Å². The Hall–Kier alpha value is -2.11. The number of esters is 1. The fraction of sp³-hybridized carbons (Fsp3) is 0.421. The second kappa shape index (κ2) is 8.13. The third kappa shape index (κ3) is 4.04. The van der Waals surface area contributed by atoms with Gasteiger partial charge < -0.3 is 19.7 Å². The highest BCUT2D eigenvalue weighted by Crippen LogP contribution is 2.30. The molecule has 1 aliphatic heterocycles. The van der Waals surface area contributed by atoms with Gasteiger partial charge in [0, 0.05) is 6.42 Å². The molecule has 0 radical (unpaired) electrons. The molecule has 130 valence electrons. The van der Waals surface area contributed by atoms with Crippen molar-refractivity contribution in [2.45, 2.75) is 44.7 Å². The lowest BCUT2D eigenvalue weighted by Crippen LogP contribution is -2.27. The number of hydrogen-bond donors (Lipinski definition) is 2. The van der Waals surface area contributed by atoms with Crippen molar-refractivity contribution in [3.05, 3.63) is 54.6 Å².